The van der Waals surface area contributed by atoms with Gasteiger partial charge < -0.3 is 16.0 Å². The van der Waals surface area contributed by atoms with Crippen LogP contribution in [0.3, 0.4) is 0 Å². The third-order valence-electron chi connectivity index (χ3n) is 3.79. The number of hydrogen-bond acceptors (Lipinski definition) is 5. The van der Waals surface area contributed by atoms with Gasteiger partial charge in [0.1, 0.15) is 11.9 Å². The second kappa shape index (κ2) is 7.54. The molecule has 1 aromatic carbocycles. The maximum absolute atomic E-state index is 12.1. The van der Waals surface area contributed by atoms with E-state index >= 15 is 0 Å². The van der Waals surface area contributed by atoms with E-state index in [2.05, 4.69) is 26.1 Å². The van der Waals surface area contributed by atoms with E-state index in [9.17, 15) is 9.59 Å². The quantitative estimate of drug-likeness (QED) is 0.797. The van der Waals surface area contributed by atoms with Gasteiger partial charge in [0.15, 0.2) is 5.69 Å². The van der Waals surface area contributed by atoms with Gasteiger partial charge in [-0.15, -0.1) is 10.2 Å². The summed E-state index contributed by atoms with van der Waals surface area (Å²) >= 11 is 0. The molecule has 3 N–H and O–H groups in total. The van der Waals surface area contributed by atoms with Crippen molar-refractivity contribution in [3.63, 3.8) is 0 Å². The molecule has 0 spiro atoms. The van der Waals surface area contributed by atoms with Gasteiger partial charge in [0.05, 0.1) is 0 Å². The maximum Gasteiger partial charge on any atom is 0.276 e. The molecule has 1 atom stereocenters. The number of para-hydroxylation sites is 1. The van der Waals surface area contributed by atoms with Gasteiger partial charge in [-0.2, -0.15) is 0 Å². The lowest BCUT2D eigenvalue weighted by Gasteiger charge is -2.15. The molecule has 0 aliphatic carbocycles. The van der Waals surface area contributed by atoms with E-state index < -0.39 is 0 Å². The minimum Gasteiger partial charge on any atom is -0.357 e. The summed E-state index contributed by atoms with van der Waals surface area (Å²) in [6.07, 6.45) is 2.71. The van der Waals surface area contributed by atoms with E-state index in [-0.39, 0.29) is 23.6 Å². The van der Waals surface area contributed by atoms with Gasteiger partial charge in [0, 0.05) is 12.2 Å². The lowest BCUT2D eigenvalue weighted by molar-refractivity contribution is -0.121. The van der Waals surface area contributed by atoms with Crippen LogP contribution < -0.4 is 16.0 Å². The zero-order valence-corrected chi connectivity index (χ0v) is 13.2. The standard InChI is InChI=1S/C17H19N5O2/c23-16-13(8-4-5-11-18-16)20-15-10-9-14(21-22-15)17(24)19-12-6-2-1-3-7-12/h1-3,6-7,9-10,13H,4-5,8,11H2,(H,18,23)(H,19,24)(H,20,22). The highest BCUT2D eigenvalue weighted by molar-refractivity contribution is 6.02. The van der Waals surface area contributed by atoms with Gasteiger partial charge in [-0.25, -0.2) is 0 Å². The second-order valence-corrected chi connectivity index (χ2v) is 5.61. The van der Waals surface area contributed by atoms with E-state index in [1.54, 1.807) is 24.3 Å². The summed E-state index contributed by atoms with van der Waals surface area (Å²) in [5.74, 6) is 0.126. The van der Waals surface area contributed by atoms with E-state index in [1.165, 1.54) is 0 Å². The Morgan fingerprint density at radius 3 is 2.67 bits per heavy atom. The maximum atomic E-state index is 12.1. The Kier molecular flexibility index (Phi) is 5.00. The molecule has 1 aromatic heterocycles. The van der Waals surface area contributed by atoms with Crippen LogP contribution in [0.15, 0.2) is 42.5 Å². The summed E-state index contributed by atoms with van der Waals surface area (Å²) in [6.45, 7) is 0.710. The Bertz CT molecular complexity index is 703. The summed E-state index contributed by atoms with van der Waals surface area (Å²) in [4.78, 5) is 24.0. The van der Waals surface area contributed by atoms with Crippen molar-refractivity contribution in [1.29, 1.82) is 0 Å². The topological polar surface area (TPSA) is 96.0 Å². The molecule has 3 rings (SSSR count). The molecular weight excluding hydrogens is 306 g/mol. The molecule has 24 heavy (non-hydrogen) atoms. The molecule has 1 aliphatic rings. The Hall–Kier alpha value is -2.96. The number of nitrogens with zero attached hydrogens (tertiary/aromatic N) is 2. The van der Waals surface area contributed by atoms with Crippen LogP contribution in [-0.4, -0.2) is 34.6 Å². The van der Waals surface area contributed by atoms with Gasteiger partial charge in [0.2, 0.25) is 5.91 Å². The fraction of sp³-hybridized carbons (Fsp3) is 0.294. The summed E-state index contributed by atoms with van der Waals surface area (Å²) < 4.78 is 0. The second-order valence-electron chi connectivity index (χ2n) is 5.61. The Morgan fingerprint density at radius 2 is 1.92 bits per heavy atom. The number of carbonyl (C=O) groups excluding carboxylic acids is 2. The van der Waals surface area contributed by atoms with Crippen molar-refractivity contribution in [2.24, 2.45) is 0 Å². The van der Waals surface area contributed by atoms with Crippen molar-refractivity contribution in [1.82, 2.24) is 15.5 Å². The van der Waals surface area contributed by atoms with Crippen molar-refractivity contribution >= 4 is 23.3 Å². The van der Waals surface area contributed by atoms with Crippen molar-refractivity contribution in [3.05, 3.63) is 48.2 Å². The summed E-state index contributed by atoms with van der Waals surface area (Å²) in [6, 6.07) is 12.1. The monoisotopic (exact) mass is 325 g/mol. The first-order valence-corrected chi connectivity index (χ1v) is 7.97. The first-order chi connectivity index (χ1) is 11.7. The minimum absolute atomic E-state index is 0.0276. The van der Waals surface area contributed by atoms with E-state index in [1.807, 2.05) is 18.2 Å². The number of amides is 2. The molecule has 1 fully saturated rings. The predicted octanol–water partition coefficient (Wildman–Crippen LogP) is 1.81. The zero-order chi connectivity index (χ0) is 16.8. The van der Waals surface area contributed by atoms with Gasteiger partial charge in [-0.1, -0.05) is 18.2 Å². The molecule has 2 amide bonds. The average Bonchev–Trinajstić information content (AvgIpc) is 2.81. The molecule has 0 bridgehead atoms. The number of hydrogen-bond donors (Lipinski definition) is 3. The molecule has 7 nitrogen and oxygen atoms in total. The normalized spacial score (nSPS) is 17.5. The molecule has 0 saturated carbocycles. The van der Waals surface area contributed by atoms with Crippen LogP contribution in [0.1, 0.15) is 29.8 Å². The average molecular weight is 325 g/mol. The van der Waals surface area contributed by atoms with Gasteiger partial charge in [0.25, 0.3) is 5.91 Å². The summed E-state index contributed by atoms with van der Waals surface area (Å²) in [7, 11) is 0. The Morgan fingerprint density at radius 1 is 1.08 bits per heavy atom. The number of rotatable bonds is 4. The summed E-state index contributed by atoms with van der Waals surface area (Å²) in [5, 5.41) is 16.6. The Labute approximate surface area is 139 Å². The van der Waals surface area contributed by atoms with Crippen molar-refractivity contribution in [2.75, 3.05) is 17.2 Å². The van der Waals surface area contributed by atoms with Crippen LogP contribution in [0.4, 0.5) is 11.5 Å². The fourth-order valence-electron chi connectivity index (χ4n) is 2.50. The third kappa shape index (κ3) is 4.07. The zero-order valence-electron chi connectivity index (χ0n) is 13.2. The lowest BCUT2D eigenvalue weighted by Crippen LogP contribution is -2.38. The number of anilines is 2. The fourth-order valence-corrected chi connectivity index (χ4v) is 2.50. The molecule has 0 radical (unpaired) electrons. The van der Waals surface area contributed by atoms with Crippen LogP contribution in [0, 0.1) is 0 Å². The van der Waals surface area contributed by atoms with Crippen molar-refractivity contribution in [2.45, 2.75) is 25.3 Å². The molecule has 124 valence electrons. The molecule has 1 saturated heterocycles. The summed E-state index contributed by atoms with van der Waals surface area (Å²) in [5.41, 5.74) is 0.913. The smallest absolute Gasteiger partial charge is 0.276 e. The van der Waals surface area contributed by atoms with Gasteiger partial charge in [-0.3, -0.25) is 9.59 Å². The minimum atomic E-state index is -0.326. The van der Waals surface area contributed by atoms with Crippen LogP contribution in [0.5, 0.6) is 0 Å². The van der Waals surface area contributed by atoms with Crippen LogP contribution in [-0.2, 0) is 4.79 Å². The van der Waals surface area contributed by atoms with Gasteiger partial charge in [-0.05, 0) is 43.5 Å². The predicted molar refractivity (Wildman–Crippen MR) is 90.7 cm³/mol. The molecule has 7 heteroatoms. The highest BCUT2D eigenvalue weighted by Crippen LogP contribution is 2.12. The largest absolute Gasteiger partial charge is 0.357 e. The van der Waals surface area contributed by atoms with E-state index in [4.69, 9.17) is 0 Å². The van der Waals surface area contributed by atoms with Gasteiger partial charge >= 0.3 is 0 Å². The molecule has 2 aromatic rings. The first-order valence-electron chi connectivity index (χ1n) is 7.97. The van der Waals surface area contributed by atoms with E-state index in [0.717, 1.165) is 19.3 Å². The molecule has 1 unspecified atom stereocenters. The van der Waals surface area contributed by atoms with Crippen molar-refractivity contribution < 1.29 is 9.59 Å². The lowest BCUT2D eigenvalue weighted by atomic mass is 10.1. The molecule has 2 heterocycles. The highest BCUT2D eigenvalue weighted by Gasteiger charge is 2.21. The molecule has 1 aliphatic heterocycles. The number of aromatic nitrogens is 2. The SMILES string of the molecule is O=C(Nc1ccccc1)c1ccc(NC2CCCCNC2=O)nn1. The number of benzene rings is 1. The van der Waals surface area contributed by atoms with E-state index in [0.29, 0.717) is 18.1 Å². The van der Waals surface area contributed by atoms with Crippen LogP contribution in [0.2, 0.25) is 0 Å². The number of carbonyl (C=O) groups is 2. The van der Waals surface area contributed by atoms with Crippen molar-refractivity contribution in [3.8, 4) is 0 Å². The third-order valence-corrected chi connectivity index (χ3v) is 3.79. The molecular formula is C17H19N5O2. The highest BCUT2D eigenvalue weighted by atomic mass is 16.2. The number of nitrogens with one attached hydrogen (secondary N) is 3. The van der Waals surface area contributed by atoms with Crippen LogP contribution in [0.25, 0.3) is 0 Å². The van der Waals surface area contributed by atoms with Crippen LogP contribution >= 0.6 is 0 Å². The Balaban J connectivity index is 1.62. The first kappa shape index (κ1) is 15.9.